The minimum absolute atomic E-state index is 0.0262. The molecule has 0 bridgehead atoms. The minimum atomic E-state index is -1.19. The lowest BCUT2D eigenvalue weighted by Crippen LogP contribution is -2.57. The molecule has 0 radical (unpaired) electrons. The molecule has 214 valence electrons. The van der Waals surface area contributed by atoms with Crippen molar-refractivity contribution in [3.8, 4) is 0 Å². The monoisotopic (exact) mass is 542 g/mol. The number of aliphatic carboxylic acids is 1. The fourth-order valence-electron chi connectivity index (χ4n) is 5.01. The number of likely N-dealkylation sites (tertiary alicyclic amines) is 1. The van der Waals surface area contributed by atoms with E-state index in [-0.39, 0.29) is 18.2 Å². The topological polar surface area (TPSA) is 184 Å². The van der Waals surface area contributed by atoms with Crippen LogP contribution < -0.4 is 22.1 Å². The molecule has 5 unspecified atom stereocenters. The predicted molar refractivity (Wildman–Crippen MR) is 149 cm³/mol. The molecule has 1 fully saturated rings. The summed E-state index contributed by atoms with van der Waals surface area (Å²) in [5, 5.41) is 16.2. The van der Waals surface area contributed by atoms with Crippen molar-refractivity contribution in [2.75, 3.05) is 13.1 Å². The van der Waals surface area contributed by atoms with Gasteiger partial charge in [0.25, 0.3) is 0 Å². The maximum absolute atomic E-state index is 13.3. The van der Waals surface area contributed by atoms with Crippen LogP contribution in [0.3, 0.4) is 0 Å². The van der Waals surface area contributed by atoms with Crippen molar-refractivity contribution in [3.05, 3.63) is 36.0 Å². The Labute approximate surface area is 229 Å². The lowest BCUT2D eigenvalue weighted by atomic mass is 9.98. The first-order valence-corrected chi connectivity index (χ1v) is 13.8. The third kappa shape index (κ3) is 7.57. The summed E-state index contributed by atoms with van der Waals surface area (Å²) in [6, 6.07) is 3.95. The highest BCUT2D eigenvalue weighted by Crippen LogP contribution is 2.22. The van der Waals surface area contributed by atoms with Gasteiger partial charge in [0.05, 0.1) is 6.04 Å². The number of aromatic nitrogens is 1. The van der Waals surface area contributed by atoms with E-state index < -0.39 is 42.0 Å². The number of nitrogens with one attached hydrogen (secondary N) is 3. The number of rotatable bonds is 14. The number of hydrogen-bond acceptors (Lipinski definition) is 6. The lowest BCUT2D eigenvalue weighted by molar-refractivity contribution is -0.143. The van der Waals surface area contributed by atoms with E-state index >= 15 is 0 Å². The second kappa shape index (κ2) is 14.1. The SMILES string of the molecule is CCC(C)C(N)C(=O)N1CCCC1C(=O)NC(CCCCN)C(=O)NC(Cc1c[nH]c2ccccc12)C(=O)O. The van der Waals surface area contributed by atoms with E-state index in [0.29, 0.717) is 45.2 Å². The molecule has 1 aliphatic heterocycles. The fraction of sp³-hybridized carbons (Fsp3) is 0.571. The summed E-state index contributed by atoms with van der Waals surface area (Å²) in [7, 11) is 0. The molecule has 11 heteroatoms. The summed E-state index contributed by atoms with van der Waals surface area (Å²) in [5.41, 5.74) is 13.4. The Hall–Kier alpha value is -3.44. The first-order valence-electron chi connectivity index (χ1n) is 13.8. The Morgan fingerprint density at radius 2 is 1.90 bits per heavy atom. The first kappa shape index (κ1) is 30.1. The maximum atomic E-state index is 13.3. The second-order valence-electron chi connectivity index (χ2n) is 10.4. The largest absolute Gasteiger partial charge is 0.480 e. The fourth-order valence-corrected chi connectivity index (χ4v) is 5.01. The highest BCUT2D eigenvalue weighted by Gasteiger charge is 2.38. The highest BCUT2D eigenvalue weighted by atomic mass is 16.4. The van der Waals surface area contributed by atoms with Crippen LogP contribution in [0.1, 0.15) is 57.9 Å². The Kier molecular flexibility index (Phi) is 10.9. The van der Waals surface area contributed by atoms with Gasteiger partial charge in [-0.15, -0.1) is 0 Å². The molecule has 1 aromatic carbocycles. The molecule has 1 aromatic heterocycles. The molecular weight excluding hydrogens is 500 g/mol. The lowest BCUT2D eigenvalue weighted by Gasteiger charge is -2.30. The summed E-state index contributed by atoms with van der Waals surface area (Å²) in [6.07, 6.45) is 5.20. The van der Waals surface area contributed by atoms with Crippen LogP contribution in [0.15, 0.2) is 30.5 Å². The van der Waals surface area contributed by atoms with Crippen LogP contribution in [0.25, 0.3) is 10.9 Å². The molecular formula is C28H42N6O5. The molecule has 5 atom stereocenters. The van der Waals surface area contributed by atoms with Gasteiger partial charge in [0.2, 0.25) is 17.7 Å². The van der Waals surface area contributed by atoms with E-state index in [0.717, 1.165) is 22.9 Å². The molecule has 2 heterocycles. The average molecular weight is 543 g/mol. The van der Waals surface area contributed by atoms with E-state index in [4.69, 9.17) is 11.5 Å². The van der Waals surface area contributed by atoms with Gasteiger partial charge in [0.1, 0.15) is 18.1 Å². The Balaban J connectivity index is 1.72. The van der Waals surface area contributed by atoms with E-state index in [1.54, 1.807) is 6.20 Å². The number of amides is 3. The third-order valence-electron chi connectivity index (χ3n) is 7.67. The molecule has 3 rings (SSSR count). The van der Waals surface area contributed by atoms with Gasteiger partial charge >= 0.3 is 5.97 Å². The van der Waals surface area contributed by atoms with Crippen molar-refractivity contribution in [1.82, 2.24) is 20.5 Å². The van der Waals surface area contributed by atoms with Crippen LogP contribution in [0.4, 0.5) is 0 Å². The van der Waals surface area contributed by atoms with Crippen LogP contribution in [-0.4, -0.2) is 75.9 Å². The number of aromatic amines is 1. The zero-order valence-electron chi connectivity index (χ0n) is 22.8. The molecule has 0 aliphatic carbocycles. The number of nitrogens with zero attached hydrogens (tertiary/aromatic N) is 1. The molecule has 0 spiro atoms. The molecule has 0 saturated carbocycles. The van der Waals surface area contributed by atoms with Crippen molar-refractivity contribution >= 4 is 34.6 Å². The van der Waals surface area contributed by atoms with Gasteiger partial charge in [-0.1, -0.05) is 38.5 Å². The average Bonchev–Trinajstić information content (AvgIpc) is 3.58. The number of benzene rings is 1. The standard InChI is InChI=1S/C28H42N6O5/c1-3-17(2)24(30)27(37)34-14-8-12-23(34)26(36)32-21(11-6-7-13-29)25(35)33-22(28(38)39)15-18-16-31-20-10-5-4-9-19(18)20/h4-5,9-10,16-17,21-24,31H,3,6-8,11-15,29-30H2,1-2H3,(H,32,36)(H,33,35)(H,38,39). The normalized spacial score (nSPS) is 18.4. The third-order valence-corrected chi connectivity index (χ3v) is 7.67. The van der Waals surface area contributed by atoms with Crippen LogP contribution in [0.2, 0.25) is 0 Å². The smallest absolute Gasteiger partial charge is 0.326 e. The summed E-state index contributed by atoms with van der Waals surface area (Å²) in [5.74, 6) is -2.49. The number of carbonyl (C=O) groups excluding carboxylic acids is 3. The number of carboxylic acids is 1. The van der Waals surface area contributed by atoms with Crippen LogP contribution in [-0.2, 0) is 25.6 Å². The summed E-state index contributed by atoms with van der Waals surface area (Å²) >= 11 is 0. The van der Waals surface area contributed by atoms with Gasteiger partial charge in [-0.05, 0) is 56.2 Å². The van der Waals surface area contributed by atoms with Gasteiger partial charge in [-0.2, -0.15) is 0 Å². The zero-order valence-corrected chi connectivity index (χ0v) is 22.8. The van der Waals surface area contributed by atoms with Gasteiger partial charge < -0.3 is 37.1 Å². The van der Waals surface area contributed by atoms with Gasteiger partial charge in [0.15, 0.2) is 0 Å². The summed E-state index contributed by atoms with van der Waals surface area (Å²) in [6.45, 7) is 4.72. The predicted octanol–water partition coefficient (Wildman–Crippen LogP) is 1.26. The molecule has 1 saturated heterocycles. The molecule has 1 aliphatic rings. The zero-order chi connectivity index (χ0) is 28.5. The van der Waals surface area contributed by atoms with Gasteiger partial charge in [0, 0.05) is 30.1 Å². The first-order chi connectivity index (χ1) is 18.7. The second-order valence-corrected chi connectivity index (χ2v) is 10.4. The van der Waals surface area contributed by atoms with Crippen molar-refractivity contribution in [3.63, 3.8) is 0 Å². The Morgan fingerprint density at radius 3 is 2.59 bits per heavy atom. The van der Waals surface area contributed by atoms with Crippen molar-refractivity contribution < 1.29 is 24.3 Å². The number of carboxylic acid groups (broad SMARTS) is 1. The number of hydrogen-bond donors (Lipinski definition) is 6. The van der Waals surface area contributed by atoms with E-state index in [1.807, 2.05) is 38.1 Å². The highest BCUT2D eigenvalue weighted by molar-refractivity contribution is 5.94. The van der Waals surface area contributed by atoms with Crippen LogP contribution in [0, 0.1) is 5.92 Å². The number of carbonyl (C=O) groups is 4. The number of H-pyrrole nitrogens is 1. The molecule has 3 amide bonds. The number of para-hydroxylation sites is 1. The molecule has 8 N–H and O–H groups in total. The number of fused-ring (bicyclic) bond motifs is 1. The Morgan fingerprint density at radius 1 is 1.15 bits per heavy atom. The summed E-state index contributed by atoms with van der Waals surface area (Å²) in [4.78, 5) is 56.4. The van der Waals surface area contributed by atoms with Crippen LogP contribution >= 0.6 is 0 Å². The maximum Gasteiger partial charge on any atom is 0.326 e. The minimum Gasteiger partial charge on any atom is -0.480 e. The molecule has 2 aromatic rings. The van der Waals surface area contributed by atoms with E-state index in [9.17, 15) is 24.3 Å². The van der Waals surface area contributed by atoms with Gasteiger partial charge in [-0.3, -0.25) is 14.4 Å². The molecule has 11 nitrogen and oxygen atoms in total. The van der Waals surface area contributed by atoms with E-state index in [2.05, 4.69) is 15.6 Å². The Bertz CT molecular complexity index is 1150. The summed E-state index contributed by atoms with van der Waals surface area (Å²) < 4.78 is 0. The van der Waals surface area contributed by atoms with Crippen molar-refractivity contribution in [1.29, 1.82) is 0 Å². The van der Waals surface area contributed by atoms with Crippen LogP contribution in [0.5, 0.6) is 0 Å². The quantitative estimate of drug-likeness (QED) is 0.194. The van der Waals surface area contributed by atoms with Crippen molar-refractivity contribution in [2.24, 2.45) is 17.4 Å². The van der Waals surface area contributed by atoms with E-state index in [1.165, 1.54) is 4.90 Å². The number of unbranched alkanes of at least 4 members (excludes halogenated alkanes) is 1. The number of nitrogens with two attached hydrogens (primary N) is 2. The van der Waals surface area contributed by atoms with Gasteiger partial charge in [-0.25, -0.2) is 4.79 Å². The molecule has 39 heavy (non-hydrogen) atoms. The van der Waals surface area contributed by atoms with Crippen molar-refractivity contribution in [2.45, 2.75) is 83.0 Å².